The van der Waals surface area contributed by atoms with Crippen LogP contribution in [0.25, 0.3) is 0 Å². The second kappa shape index (κ2) is 10.1. The second-order valence-electron chi connectivity index (χ2n) is 5.86. The van der Waals surface area contributed by atoms with Crippen molar-refractivity contribution in [2.75, 3.05) is 38.8 Å². The minimum Gasteiger partial charge on any atom is -0.497 e. The van der Waals surface area contributed by atoms with Crippen molar-refractivity contribution in [3.63, 3.8) is 0 Å². The first-order chi connectivity index (χ1) is 13.0. The number of hydrogen-bond donors (Lipinski definition) is 2. The molecular weight excluding hydrogens is 348 g/mol. The Morgan fingerprint density at radius 1 is 1.00 bits per heavy atom. The lowest BCUT2D eigenvalue weighted by atomic mass is 10.1. The third kappa shape index (κ3) is 6.22. The molecule has 2 aromatic rings. The minimum atomic E-state index is -1.01. The first kappa shape index (κ1) is 20.1. The van der Waals surface area contributed by atoms with Gasteiger partial charge in [0.05, 0.1) is 20.8 Å². The van der Waals surface area contributed by atoms with Gasteiger partial charge in [-0.1, -0.05) is 18.2 Å². The van der Waals surface area contributed by atoms with Crippen molar-refractivity contribution in [1.82, 2.24) is 5.32 Å². The highest BCUT2D eigenvalue weighted by Gasteiger charge is 2.15. The molecule has 2 rings (SSSR count). The van der Waals surface area contributed by atoms with E-state index < -0.39 is 5.97 Å². The van der Waals surface area contributed by atoms with Gasteiger partial charge in [0.25, 0.3) is 0 Å². The molecule has 0 fully saturated rings. The Morgan fingerprint density at radius 3 is 2.33 bits per heavy atom. The van der Waals surface area contributed by atoms with Crippen LogP contribution in [0.5, 0.6) is 11.5 Å². The van der Waals surface area contributed by atoms with Gasteiger partial charge in [-0.25, -0.2) is 0 Å². The molecule has 1 amide bonds. The van der Waals surface area contributed by atoms with E-state index in [1.807, 2.05) is 24.3 Å². The van der Waals surface area contributed by atoms with Crippen LogP contribution in [0.4, 0.5) is 5.69 Å². The average Bonchev–Trinajstić information content (AvgIpc) is 2.67. The van der Waals surface area contributed by atoms with Crippen LogP contribution in [0.3, 0.4) is 0 Å². The summed E-state index contributed by atoms with van der Waals surface area (Å²) in [6.45, 7) is 0.111. The zero-order valence-corrected chi connectivity index (χ0v) is 15.5. The molecule has 0 heterocycles. The van der Waals surface area contributed by atoms with Gasteiger partial charge in [-0.2, -0.15) is 0 Å². The number of nitrogens with one attached hydrogen (secondary N) is 1. The second-order valence-corrected chi connectivity index (χ2v) is 5.86. The summed E-state index contributed by atoms with van der Waals surface area (Å²) in [5.41, 5.74) is 1.64. The Bertz CT molecular complexity index is 761. The minimum absolute atomic E-state index is 0.0510. The number of aliphatic carboxylic acids is 1. The highest BCUT2D eigenvalue weighted by atomic mass is 16.5. The number of carboxylic acids is 1. The van der Waals surface area contributed by atoms with E-state index in [4.69, 9.17) is 14.6 Å². The zero-order chi connectivity index (χ0) is 19.6. The van der Waals surface area contributed by atoms with Crippen LogP contribution in [0.2, 0.25) is 0 Å². The van der Waals surface area contributed by atoms with Gasteiger partial charge in [0.15, 0.2) is 0 Å². The van der Waals surface area contributed by atoms with Gasteiger partial charge >= 0.3 is 5.97 Å². The van der Waals surface area contributed by atoms with Crippen LogP contribution in [0.15, 0.2) is 48.5 Å². The average molecular weight is 372 g/mol. The van der Waals surface area contributed by atoms with E-state index in [9.17, 15) is 9.59 Å². The fraction of sp³-hybridized carbons (Fsp3) is 0.300. The molecule has 2 aromatic carbocycles. The van der Waals surface area contributed by atoms with Gasteiger partial charge in [0.1, 0.15) is 18.0 Å². The number of nitrogens with zero attached hydrogens (tertiary/aromatic N) is 1. The number of hydrogen-bond acceptors (Lipinski definition) is 5. The lowest BCUT2D eigenvalue weighted by Gasteiger charge is -2.22. The summed E-state index contributed by atoms with van der Waals surface area (Å²) in [4.78, 5) is 24.9. The summed E-state index contributed by atoms with van der Waals surface area (Å²) < 4.78 is 10.4. The van der Waals surface area contributed by atoms with Crippen molar-refractivity contribution in [2.45, 2.75) is 6.42 Å². The summed E-state index contributed by atoms with van der Waals surface area (Å²) in [5, 5.41) is 12.0. The lowest BCUT2D eigenvalue weighted by molar-refractivity contribution is -0.135. The van der Waals surface area contributed by atoms with Crippen LogP contribution in [-0.2, 0) is 16.0 Å². The van der Waals surface area contributed by atoms with Gasteiger partial charge in [-0.15, -0.1) is 0 Å². The van der Waals surface area contributed by atoms with Crippen molar-refractivity contribution in [3.8, 4) is 11.5 Å². The number of amides is 1. The molecule has 0 aromatic heterocycles. The Hall–Kier alpha value is -3.22. The van der Waals surface area contributed by atoms with Crippen molar-refractivity contribution in [1.29, 1.82) is 0 Å². The summed E-state index contributed by atoms with van der Waals surface area (Å²) in [6.07, 6.45) is 0.622. The lowest BCUT2D eigenvalue weighted by Crippen LogP contribution is -2.40. The quantitative estimate of drug-likeness (QED) is 0.663. The third-order valence-corrected chi connectivity index (χ3v) is 4.01. The molecule has 0 saturated carbocycles. The number of benzene rings is 2. The van der Waals surface area contributed by atoms with Gasteiger partial charge in [-0.05, 0) is 42.3 Å². The van der Waals surface area contributed by atoms with E-state index in [-0.39, 0.29) is 19.0 Å². The smallest absolute Gasteiger partial charge is 0.323 e. The molecule has 0 saturated heterocycles. The summed E-state index contributed by atoms with van der Waals surface area (Å²) >= 11 is 0. The molecule has 7 nitrogen and oxygen atoms in total. The number of para-hydroxylation sites is 1. The monoisotopic (exact) mass is 372 g/mol. The molecule has 0 aliphatic heterocycles. The molecule has 0 radical (unpaired) electrons. The summed E-state index contributed by atoms with van der Waals surface area (Å²) in [6, 6.07) is 14.5. The number of carbonyl (C=O) groups excluding carboxylic acids is 1. The molecule has 2 N–H and O–H groups in total. The number of methoxy groups -OCH3 is 2. The van der Waals surface area contributed by atoms with Crippen molar-refractivity contribution < 1.29 is 24.2 Å². The maximum absolute atomic E-state index is 12.3. The molecule has 144 valence electrons. The highest BCUT2D eigenvalue weighted by Crippen LogP contribution is 2.19. The molecule has 7 heteroatoms. The molecule has 0 atom stereocenters. The topological polar surface area (TPSA) is 88.1 Å². The van der Waals surface area contributed by atoms with Crippen LogP contribution in [-0.4, -0.2) is 50.8 Å². The summed E-state index contributed by atoms with van der Waals surface area (Å²) in [7, 11) is 3.16. The molecule has 0 aliphatic rings. The van der Waals surface area contributed by atoms with E-state index in [2.05, 4.69) is 5.32 Å². The van der Waals surface area contributed by atoms with Gasteiger partial charge in [0, 0.05) is 12.2 Å². The maximum atomic E-state index is 12.3. The predicted molar refractivity (Wildman–Crippen MR) is 103 cm³/mol. The van der Waals surface area contributed by atoms with Crippen molar-refractivity contribution in [3.05, 3.63) is 54.1 Å². The molecule has 27 heavy (non-hydrogen) atoms. The van der Waals surface area contributed by atoms with Gasteiger partial charge in [-0.3, -0.25) is 9.59 Å². The fourth-order valence-corrected chi connectivity index (χ4v) is 2.67. The molecule has 0 spiro atoms. The SMILES string of the molecule is COc1ccc(N(CC(=O)O)CC(=O)NCCc2ccccc2OC)cc1. The highest BCUT2D eigenvalue weighted by molar-refractivity contribution is 5.84. The number of carboxylic acid groups (broad SMARTS) is 1. The van der Waals surface area contributed by atoms with Crippen molar-refractivity contribution >= 4 is 17.6 Å². The maximum Gasteiger partial charge on any atom is 0.323 e. The Morgan fingerprint density at radius 2 is 1.70 bits per heavy atom. The molecule has 0 aliphatic carbocycles. The zero-order valence-electron chi connectivity index (χ0n) is 15.5. The number of anilines is 1. The number of carbonyl (C=O) groups is 2. The third-order valence-electron chi connectivity index (χ3n) is 4.01. The fourth-order valence-electron chi connectivity index (χ4n) is 2.67. The van der Waals surface area contributed by atoms with Gasteiger partial charge in [0.2, 0.25) is 5.91 Å². The summed E-state index contributed by atoms with van der Waals surface area (Å²) in [5.74, 6) is 0.183. The molecule has 0 unspecified atom stereocenters. The number of rotatable bonds is 10. The van der Waals surface area contributed by atoms with E-state index in [0.717, 1.165) is 11.3 Å². The van der Waals surface area contributed by atoms with E-state index in [1.54, 1.807) is 38.5 Å². The Kier molecular flexibility index (Phi) is 7.49. The van der Waals surface area contributed by atoms with Crippen LogP contribution in [0.1, 0.15) is 5.56 Å². The number of ether oxygens (including phenoxy) is 2. The predicted octanol–water partition coefficient (Wildman–Crippen LogP) is 1.95. The van der Waals surface area contributed by atoms with Crippen molar-refractivity contribution in [2.24, 2.45) is 0 Å². The van der Waals surface area contributed by atoms with E-state index >= 15 is 0 Å². The normalized spacial score (nSPS) is 10.1. The Balaban J connectivity index is 1.93. The van der Waals surface area contributed by atoms with Crippen LogP contribution >= 0.6 is 0 Å². The first-order valence-corrected chi connectivity index (χ1v) is 8.53. The van der Waals surface area contributed by atoms with Crippen LogP contribution < -0.4 is 19.7 Å². The molecular formula is C20H24N2O5. The standard InChI is InChI=1S/C20H24N2O5/c1-26-17-9-7-16(8-10-17)22(14-20(24)25)13-19(23)21-12-11-15-5-3-4-6-18(15)27-2/h3-10H,11-14H2,1-2H3,(H,21,23)(H,24,25). The van der Waals surface area contributed by atoms with Gasteiger partial charge < -0.3 is 24.8 Å². The van der Waals surface area contributed by atoms with E-state index in [0.29, 0.717) is 24.4 Å². The Labute approximate surface area is 158 Å². The van der Waals surface area contributed by atoms with E-state index in [1.165, 1.54) is 4.90 Å². The van der Waals surface area contributed by atoms with Crippen LogP contribution in [0, 0.1) is 0 Å². The first-order valence-electron chi connectivity index (χ1n) is 8.53. The largest absolute Gasteiger partial charge is 0.497 e. The molecule has 0 bridgehead atoms.